The molecule has 0 radical (unpaired) electrons. The van der Waals surface area contributed by atoms with Gasteiger partial charge < -0.3 is 4.43 Å². The van der Waals surface area contributed by atoms with Gasteiger partial charge in [0.15, 0.2) is 8.32 Å². The lowest BCUT2D eigenvalue weighted by atomic mass is 9.56. The zero-order valence-electron chi connectivity index (χ0n) is 13.8. The molecule has 3 aliphatic rings. The molecule has 2 fully saturated rings. The van der Waals surface area contributed by atoms with Gasteiger partial charge in [0.25, 0.3) is 0 Å². The Labute approximate surface area is 125 Å². The molecule has 112 valence electrons. The summed E-state index contributed by atoms with van der Waals surface area (Å²) in [5.41, 5.74) is 0.439. The van der Waals surface area contributed by atoms with E-state index in [4.69, 9.17) is 4.43 Å². The lowest BCUT2D eigenvalue weighted by molar-refractivity contribution is -0.0533. The van der Waals surface area contributed by atoms with Crippen molar-refractivity contribution in [1.29, 1.82) is 0 Å². The Morgan fingerprint density at radius 2 is 2.00 bits per heavy atom. The highest BCUT2D eigenvalue weighted by Gasteiger charge is 2.64. The van der Waals surface area contributed by atoms with E-state index in [2.05, 4.69) is 58.7 Å². The quantitative estimate of drug-likeness (QED) is 0.515. The van der Waals surface area contributed by atoms with Crippen LogP contribution >= 0.6 is 0 Å². The molecule has 5 atom stereocenters. The molecule has 2 saturated carbocycles. The van der Waals surface area contributed by atoms with Crippen molar-refractivity contribution in [2.45, 2.75) is 64.3 Å². The van der Waals surface area contributed by atoms with E-state index >= 15 is 0 Å². The molecule has 3 rings (SSSR count). The first kappa shape index (κ1) is 14.6. The van der Waals surface area contributed by atoms with Crippen LogP contribution in [-0.4, -0.2) is 14.4 Å². The summed E-state index contributed by atoms with van der Waals surface area (Å²) in [6.45, 7) is 15.9. The fourth-order valence-corrected chi connectivity index (χ4v) is 5.82. The molecule has 1 nitrogen and oxygen atoms in total. The third-order valence-electron chi connectivity index (χ3n) is 6.89. The van der Waals surface area contributed by atoms with Crippen LogP contribution in [0.1, 0.15) is 40.0 Å². The summed E-state index contributed by atoms with van der Waals surface area (Å²) < 4.78 is 6.81. The minimum atomic E-state index is -1.68. The molecule has 0 amide bonds. The van der Waals surface area contributed by atoms with Crippen molar-refractivity contribution >= 4 is 8.32 Å². The molecule has 0 bridgehead atoms. The lowest BCUT2D eigenvalue weighted by Crippen LogP contribution is -2.54. The standard InChI is InChI=1S/C18H30OSi/c1-7-13-12-14-8-9-16(18(14)11-10-15(13)18)19-20(5,6)17(2,3)4/h7-9,13-16H,1,10-12H2,2-6H3/t13-,14+,15+,16?,18+/m1/s1. The Balaban J connectivity index is 1.83. The van der Waals surface area contributed by atoms with Gasteiger partial charge in [-0.1, -0.05) is 39.0 Å². The second kappa shape index (κ2) is 4.33. The third kappa shape index (κ3) is 1.77. The molecular weight excluding hydrogens is 260 g/mol. The van der Waals surface area contributed by atoms with E-state index in [1.807, 2.05) is 0 Å². The largest absolute Gasteiger partial charge is 0.410 e. The predicted molar refractivity (Wildman–Crippen MR) is 88.2 cm³/mol. The predicted octanol–water partition coefficient (Wildman–Crippen LogP) is 5.17. The minimum absolute atomic E-state index is 0.297. The van der Waals surface area contributed by atoms with Gasteiger partial charge in [0, 0.05) is 5.41 Å². The summed E-state index contributed by atoms with van der Waals surface area (Å²) in [6, 6.07) is 0. The van der Waals surface area contributed by atoms with Crippen LogP contribution in [0.25, 0.3) is 0 Å². The van der Waals surface area contributed by atoms with Crippen LogP contribution in [0.5, 0.6) is 0 Å². The molecule has 20 heavy (non-hydrogen) atoms. The average Bonchev–Trinajstić information content (AvgIpc) is 2.74. The molecule has 0 aliphatic heterocycles. The topological polar surface area (TPSA) is 9.23 Å². The molecule has 0 aromatic rings. The van der Waals surface area contributed by atoms with Crippen LogP contribution in [0.2, 0.25) is 18.1 Å². The first-order valence-electron chi connectivity index (χ1n) is 8.21. The number of rotatable bonds is 3. The lowest BCUT2D eigenvalue weighted by Gasteiger charge is -2.53. The van der Waals surface area contributed by atoms with E-state index < -0.39 is 8.32 Å². The smallest absolute Gasteiger partial charge is 0.192 e. The maximum Gasteiger partial charge on any atom is 0.192 e. The molecule has 2 heteroatoms. The van der Waals surface area contributed by atoms with Gasteiger partial charge in [-0.15, -0.1) is 6.58 Å². The van der Waals surface area contributed by atoms with Crippen molar-refractivity contribution in [1.82, 2.24) is 0 Å². The summed E-state index contributed by atoms with van der Waals surface area (Å²) in [5.74, 6) is 2.30. The summed E-state index contributed by atoms with van der Waals surface area (Å²) in [7, 11) is -1.68. The average molecular weight is 291 g/mol. The zero-order chi connectivity index (χ0) is 14.8. The van der Waals surface area contributed by atoms with Crippen molar-refractivity contribution in [2.75, 3.05) is 0 Å². The molecule has 0 N–H and O–H groups in total. The second-order valence-electron chi connectivity index (χ2n) is 8.68. The summed E-state index contributed by atoms with van der Waals surface area (Å²) >= 11 is 0. The zero-order valence-corrected chi connectivity index (χ0v) is 14.8. The van der Waals surface area contributed by atoms with Crippen LogP contribution in [0, 0.1) is 23.2 Å². The molecule has 3 aliphatic carbocycles. The molecule has 1 unspecified atom stereocenters. The summed E-state index contributed by atoms with van der Waals surface area (Å²) in [5, 5.41) is 0.297. The van der Waals surface area contributed by atoms with Gasteiger partial charge in [-0.05, 0) is 55.1 Å². The summed E-state index contributed by atoms with van der Waals surface area (Å²) in [6.07, 6.45) is 11.5. The Bertz CT molecular complexity index is 445. The normalized spacial score (nSPS) is 43.0. The van der Waals surface area contributed by atoms with Gasteiger partial charge in [0.2, 0.25) is 0 Å². The van der Waals surface area contributed by atoms with Crippen LogP contribution < -0.4 is 0 Å². The summed E-state index contributed by atoms with van der Waals surface area (Å²) in [4.78, 5) is 0. The molecule has 0 saturated heterocycles. The molecule has 0 aromatic carbocycles. The minimum Gasteiger partial charge on any atom is -0.410 e. The third-order valence-corrected chi connectivity index (χ3v) is 11.3. The first-order chi connectivity index (χ1) is 9.22. The highest BCUT2D eigenvalue weighted by Crippen LogP contribution is 2.68. The highest BCUT2D eigenvalue weighted by molar-refractivity contribution is 6.74. The van der Waals surface area contributed by atoms with E-state index in [9.17, 15) is 0 Å². The Kier molecular flexibility index (Phi) is 3.16. The van der Waals surface area contributed by atoms with E-state index in [1.54, 1.807) is 0 Å². The van der Waals surface area contributed by atoms with Crippen LogP contribution in [0.15, 0.2) is 24.8 Å². The van der Waals surface area contributed by atoms with Gasteiger partial charge in [0.05, 0.1) is 6.10 Å². The highest BCUT2D eigenvalue weighted by atomic mass is 28.4. The van der Waals surface area contributed by atoms with E-state index in [1.165, 1.54) is 19.3 Å². The van der Waals surface area contributed by atoms with Crippen molar-refractivity contribution in [2.24, 2.45) is 23.2 Å². The number of hydrogen-bond donors (Lipinski definition) is 0. The monoisotopic (exact) mass is 290 g/mol. The van der Waals surface area contributed by atoms with Gasteiger partial charge in [-0.2, -0.15) is 0 Å². The van der Waals surface area contributed by atoms with E-state index in [-0.39, 0.29) is 0 Å². The number of allylic oxidation sites excluding steroid dienone is 2. The van der Waals surface area contributed by atoms with E-state index in [0.717, 1.165) is 17.8 Å². The number of hydrogen-bond acceptors (Lipinski definition) is 1. The Morgan fingerprint density at radius 3 is 2.50 bits per heavy atom. The maximum atomic E-state index is 6.81. The van der Waals surface area contributed by atoms with Crippen molar-refractivity contribution in [3.05, 3.63) is 24.8 Å². The first-order valence-corrected chi connectivity index (χ1v) is 11.1. The van der Waals surface area contributed by atoms with Crippen molar-refractivity contribution in [3.8, 4) is 0 Å². The van der Waals surface area contributed by atoms with Gasteiger partial charge >= 0.3 is 0 Å². The van der Waals surface area contributed by atoms with Gasteiger partial charge in [-0.25, -0.2) is 0 Å². The van der Waals surface area contributed by atoms with Gasteiger partial charge in [-0.3, -0.25) is 0 Å². The Hall–Kier alpha value is -0.343. The van der Waals surface area contributed by atoms with Gasteiger partial charge in [0.1, 0.15) is 0 Å². The molecular formula is C18H30OSi. The van der Waals surface area contributed by atoms with Crippen LogP contribution in [0.4, 0.5) is 0 Å². The van der Waals surface area contributed by atoms with Crippen molar-refractivity contribution < 1.29 is 4.43 Å². The molecule has 0 aromatic heterocycles. The maximum absolute atomic E-state index is 6.81. The van der Waals surface area contributed by atoms with Crippen molar-refractivity contribution in [3.63, 3.8) is 0 Å². The van der Waals surface area contributed by atoms with E-state index in [0.29, 0.717) is 16.6 Å². The molecule has 0 heterocycles. The SMILES string of the molecule is C=C[C@@H]1C[C@@H]2C=CC(O[Si](C)(C)C(C)(C)C)[C@@]23CC[C@@H]13. The van der Waals surface area contributed by atoms with Crippen LogP contribution in [-0.2, 0) is 4.43 Å². The second-order valence-corrected chi connectivity index (χ2v) is 13.4. The molecule has 1 spiro atoms. The fraction of sp³-hybridized carbons (Fsp3) is 0.778. The Morgan fingerprint density at radius 1 is 1.30 bits per heavy atom. The van der Waals surface area contributed by atoms with Crippen LogP contribution in [0.3, 0.4) is 0 Å². The fourth-order valence-electron chi connectivity index (χ4n) is 4.53.